The highest BCUT2D eigenvalue weighted by atomic mass is 35.5. The molecule has 3 aromatic carbocycles. The van der Waals surface area contributed by atoms with Crippen molar-refractivity contribution in [1.29, 1.82) is 0 Å². The van der Waals surface area contributed by atoms with Crippen molar-refractivity contribution in [3.05, 3.63) is 83.5 Å². The lowest BCUT2D eigenvalue weighted by atomic mass is 10.0. The predicted octanol–water partition coefficient (Wildman–Crippen LogP) is 6.55. The van der Waals surface area contributed by atoms with E-state index in [-0.39, 0.29) is 0 Å². The lowest BCUT2D eigenvalue weighted by Gasteiger charge is -2.31. The molecule has 0 aliphatic carbocycles. The summed E-state index contributed by atoms with van der Waals surface area (Å²) < 4.78 is 7.45. The molecule has 0 bridgehead atoms. The predicted molar refractivity (Wildman–Crippen MR) is 123 cm³/mol. The number of imidazole rings is 1. The molecule has 0 radical (unpaired) electrons. The van der Waals surface area contributed by atoms with E-state index in [2.05, 4.69) is 59.0 Å². The molecule has 5 rings (SSSR count). The molecule has 0 fully saturated rings. The van der Waals surface area contributed by atoms with Crippen LogP contribution in [0.3, 0.4) is 0 Å². The molecule has 0 spiro atoms. The summed E-state index contributed by atoms with van der Waals surface area (Å²) in [4.78, 5) is 8.40. The van der Waals surface area contributed by atoms with E-state index in [1.165, 1.54) is 0 Å². The van der Waals surface area contributed by atoms with E-state index in [1.807, 2.05) is 30.3 Å². The number of hydrogen-bond acceptors (Lipinski definition) is 4. The maximum Gasteiger partial charge on any atom is 0.173 e. The maximum atomic E-state index is 6.37. The zero-order valence-corrected chi connectivity index (χ0v) is 18.2. The van der Waals surface area contributed by atoms with Gasteiger partial charge in [0, 0.05) is 28.2 Å². The average Bonchev–Trinajstić information content (AvgIpc) is 3.09. The van der Waals surface area contributed by atoms with Crippen molar-refractivity contribution in [1.82, 2.24) is 9.55 Å². The van der Waals surface area contributed by atoms with Gasteiger partial charge in [-0.25, -0.2) is 4.98 Å². The van der Waals surface area contributed by atoms with Crippen LogP contribution < -0.4 is 9.64 Å². The van der Waals surface area contributed by atoms with Crippen LogP contribution in [0.25, 0.3) is 11.3 Å². The molecule has 30 heavy (non-hydrogen) atoms. The van der Waals surface area contributed by atoms with Crippen molar-refractivity contribution in [2.24, 2.45) is 7.05 Å². The van der Waals surface area contributed by atoms with Crippen molar-refractivity contribution in [3.63, 3.8) is 0 Å². The van der Waals surface area contributed by atoms with Crippen LogP contribution in [0, 0.1) is 0 Å². The zero-order chi connectivity index (χ0) is 20.7. The minimum absolute atomic E-state index is 0.698. The molecule has 0 saturated heterocycles. The third kappa shape index (κ3) is 3.34. The summed E-state index contributed by atoms with van der Waals surface area (Å²) >= 11 is 8.02. The van der Waals surface area contributed by atoms with Crippen LogP contribution in [-0.4, -0.2) is 16.7 Å². The van der Waals surface area contributed by atoms with Crippen LogP contribution in [0.4, 0.5) is 11.4 Å². The summed E-state index contributed by atoms with van der Waals surface area (Å²) in [6, 6.07) is 24.5. The molecule has 4 aromatic rings. The Kier molecular flexibility index (Phi) is 4.93. The number of benzene rings is 3. The Morgan fingerprint density at radius 1 is 1.00 bits per heavy atom. The molecule has 150 valence electrons. The standard InChI is InChI=1S/C24H20ClN3OS/c1-27-23-20-13-8-16(25)14-22(20)28(17-6-4-3-5-7-17)15-21(23)26-24(27)30-19-11-9-18(29-2)10-12-19/h3-14H,15H2,1-2H3. The van der Waals surface area contributed by atoms with Gasteiger partial charge in [0.2, 0.25) is 0 Å². The molecule has 2 heterocycles. The van der Waals surface area contributed by atoms with Crippen molar-refractivity contribution in [3.8, 4) is 17.0 Å². The third-order valence-corrected chi connectivity index (χ3v) is 6.57. The summed E-state index contributed by atoms with van der Waals surface area (Å²) in [7, 11) is 3.76. The normalized spacial score (nSPS) is 12.4. The first-order valence-corrected chi connectivity index (χ1v) is 10.8. The third-order valence-electron chi connectivity index (χ3n) is 5.28. The number of para-hydroxylation sites is 1. The second-order valence-corrected chi connectivity index (χ2v) is 8.59. The van der Waals surface area contributed by atoms with Gasteiger partial charge in [-0.05, 0) is 54.6 Å². The molecule has 0 amide bonds. The van der Waals surface area contributed by atoms with Crippen LogP contribution in [-0.2, 0) is 13.6 Å². The van der Waals surface area contributed by atoms with Gasteiger partial charge in [-0.15, -0.1) is 0 Å². The summed E-state index contributed by atoms with van der Waals surface area (Å²) in [5.74, 6) is 0.850. The molecule has 0 N–H and O–H groups in total. The molecule has 1 aliphatic rings. The van der Waals surface area contributed by atoms with Crippen LogP contribution in [0.15, 0.2) is 82.8 Å². The number of methoxy groups -OCH3 is 1. The average molecular weight is 434 g/mol. The van der Waals surface area contributed by atoms with Gasteiger partial charge in [0.15, 0.2) is 5.16 Å². The van der Waals surface area contributed by atoms with Gasteiger partial charge in [-0.1, -0.05) is 41.6 Å². The molecule has 0 atom stereocenters. The van der Waals surface area contributed by atoms with Crippen LogP contribution in [0.2, 0.25) is 5.02 Å². The summed E-state index contributed by atoms with van der Waals surface area (Å²) in [6.07, 6.45) is 0. The molecular weight excluding hydrogens is 414 g/mol. The Morgan fingerprint density at radius 2 is 1.77 bits per heavy atom. The smallest absolute Gasteiger partial charge is 0.173 e. The zero-order valence-electron chi connectivity index (χ0n) is 16.7. The van der Waals surface area contributed by atoms with Crippen LogP contribution in [0.5, 0.6) is 5.75 Å². The number of hydrogen-bond donors (Lipinski definition) is 0. The summed E-state index contributed by atoms with van der Waals surface area (Å²) in [6.45, 7) is 0.698. The van der Waals surface area contributed by atoms with Gasteiger partial charge in [-0.2, -0.15) is 0 Å². The second kappa shape index (κ2) is 7.74. The number of aromatic nitrogens is 2. The first kappa shape index (κ1) is 19.1. The maximum absolute atomic E-state index is 6.37. The van der Waals surface area contributed by atoms with Gasteiger partial charge < -0.3 is 14.2 Å². The fourth-order valence-corrected chi connectivity index (χ4v) is 4.85. The number of rotatable bonds is 4. The van der Waals surface area contributed by atoms with Gasteiger partial charge in [0.1, 0.15) is 5.75 Å². The highest BCUT2D eigenvalue weighted by Crippen LogP contribution is 2.45. The Hall–Kier alpha value is -2.89. The van der Waals surface area contributed by atoms with Gasteiger partial charge in [-0.3, -0.25) is 0 Å². The number of halogens is 1. The van der Waals surface area contributed by atoms with Crippen molar-refractivity contribution < 1.29 is 4.74 Å². The lowest BCUT2D eigenvalue weighted by Crippen LogP contribution is -2.22. The molecule has 6 heteroatoms. The van der Waals surface area contributed by atoms with Crippen molar-refractivity contribution in [2.75, 3.05) is 12.0 Å². The monoisotopic (exact) mass is 433 g/mol. The van der Waals surface area contributed by atoms with E-state index in [0.717, 1.165) is 49.2 Å². The highest BCUT2D eigenvalue weighted by Gasteiger charge is 2.28. The van der Waals surface area contributed by atoms with Gasteiger partial charge in [0.25, 0.3) is 0 Å². The molecule has 1 aromatic heterocycles. The van der Waals surface area contributed by atoms with Gasteiger partial charge in [0.05, 0.1) is 30.7 Å². The van der Waals surface area contributed by atoms with Crippen LogP contribution in [0.1, 0.15) is 5.69 Å². The molecule has 4 nitrogen and oxygen atoms in total. The first-order valence-electron chi connectivity index (χ1n) is 9.64. The Labute approximate surface area is 185 Å². The molecule has 0 unspecified atom stereocenters. The van der Waals surface area contributed by atoms with E-state index in [0.29, 0.717) is 6.54 Å². The minimum atomic E-state index is 0.698. The van der Waals surface area contributed by atoms with E-state index >= 15 is 0 Å². The van der Waals surface area contributed by atoms with E-state index in [9.17, 15) is 0 Å². The Morgan fingerprint density at radius 3 is 2.50 bits per heavy atom. The van der Waals surface area contributed by atoms with Crippen molar-refractivity contribution >= 4 is 34.7 Å². The molecule has 1 aliphatic heterocycles. The Balaban J connectivity index is 1.58. The summed E-state index contributed by atoms with van der Waals surface area (Å²) in [5, 5.41) is 1.69. The van der Waals surface area contributed by atoms with Crippen LogP contribution >= 0.6 is 23.4 Å². The van der Waals surface area contributed by atoms with Crippen molar-refractivity contribution in [2.45, 2.75) is 16.6 Å². The quantitative estimate of drug-likeness (QED) is 0.365. The number of nitrogens with zero attached hydrogens (tertiary/aromatic N) is 3. The van der Waals surface area contributed by atoms with E-state index in [4.69, 9.17) is 21.3 Å². The number of fused-ring (bicyclic) bond motifs is 3. The molecular formula is C24H20ClN3OS. The fourth-order valence-electron chi connectivity index (χ4n) is 3.82. The second-order valence-electron chi connectivity index (χ2n) is 7.11. The fraction of sp³-hybridized carbons (Fsp3) is 0.125. The minimum Gasteiger partial charge on any atom is -0.497 e. The first-order chi connectivity index (χ1) is 14.6. The summed E-state index contributed by atoms with van der Waals surface area (Å²) in [5.41, 5.74) is 5.57. The SMILES string of the molecule is COc1ccc(Sc2nc3c(n2C)-c2ccc(Cl)cc2N(c2ccccc2)C3)cc1. The van der Waals surface area contributed by atoms with Gasteiger partial charge >= 0.3 is 0 Å². The lowest BCUT2D eigenvalue weighted by molar-refractivity contribution is 0.414. The topological polar surface area (TPSA) is 30.3 Å². The van der Waals surface area contributed by atoms with E-state index < -0.39 is 0 Å². The number of anilines is 2. The highest BCUT2D eigenvalue weighted by molar-refractivity contribution is 7.99. The van der Waals surface area contributed by atoms with E-state index in [1.54, 1.807) is 18.9 Å². The molecule has 0 saturated carbocycles. The Bertz CT molecular complexity index is 1210. The largest absolute Gasteiger partial charge is 0.497 e. The number of ether oxygens (including phenoxy) is 1.